The van der Waals surface area contributed by atoms with Crippen molar-refractivity contribution in [2.45, 2.75) is 19.3 Å². The average molecular weight is 381 g/mol. The van der Waals surface area contributed by atoms with Crippen molar-refractivity contribution in [2.24, 2.45) is 0 Å². The Kier molecular flexibility index (Phi) is 3.66. The van der Waals surface area contributed by atoms with Crippen LogP contribution in [0.4, 0.5) is 0 Å². The van der Waals surface area contributed by atoms with Gasteiger partial charge in [0.25, 0.3) is 0 Å². The van der Waals surface area contributed by atoms with E-state index in [-0.39, 0.29) is 5.78 Å². The van der Waals surface area contributed by atoms with Crippen LogP contribution in [0, 0.1) is 0 Å². The van der Waals surface area contributed by atoms with Crippen molar-refractivity contribution in [3.8, 4) is 5.75 Å². The lowest BCUT2D eigenvalue weighted by Crippen LogP contribution is -2.05. The van der Waals surface area contributed by atoms with Crippen LogP contribution in [0.25, 0.3) is 0 Å². The van der Waals surface area contributed by atoms with Gasteiger partial charge in [-0.1, -0.05) is 15.9 Å². The summed E-state index contributed by atoms with van der Waals surface area (Å²) in [7, 11) is 0. The third kappa shape index (κ3) is 2.06. The molecular weight excluding hydrogens is 371 g/mol. The summed E-state index contributed by atoms with van der Waals surface area (Å²) >= 11 is 5.10. The molecule has 0 amide bonds. The van der Waals surface area contributed by atoms with Crippen molar-refractivity contribution in [1.82, 2.24) is 0 Å². The Balaban J connectivity index is 2.51. The minimum atomic E-state index is 0.160. The largest absolute Gasteiger partial charge is 0.427 e. The van der Waals surface area contributed by atoms with E-state index in [0.717, 1.165) is 30.6 Å². The molecule has 15 heavy (non-hydrogen) atoms. The molecule has 1 aromatic carbocycles. The Morgan fingerprint density at radius 3 is 2.80 bits per heavy atom. The lowest BCUT2D eigenvalue weighted by molar-refractivity contribution is 0.102. The van der Waals surface area contributed by atoms with Crippen LogP contribution >= 0.6 is 38.9 Å². The van der Waals surface area contributed by atoms with E-state index in [0.29, 0.717) is 5.33 Å². The van der Waals surface area contributed by atoms with Crippen molar-refractivity contribution in [1.29, 1.82) is 0 Å². The number of alkyl halides is 1. The molecule has 0 radical (unpaired) electrons. The maximum absolute atomic E-state index is 11.7. The number of carbonyl (C=O) groups is 1. The molecule has 2 rings (SSSR count). The molecule has 0 bridgehead atoms. The van der Waals surface area contributed by atoms with Crippen molar-refractivity contribution in [3.05, 3.63) is 28.8 Å². The van der Waals surface area contributed by atoms with E-state index in [4.69, 9.17) is 3.07 Å². The average Bonchev–Trinajstić information content (AvgIpc) is 2.75. The van der Waals surface area contributed by atoms with Gasteiger partial charge in [-0.3, -0.25) is 4.79 Å². The van der Waals surface area contributed by atoms with Crippen LogP contribution in [0.5, 0.6) is 5.75 Å². The Morgan fingerprint density at radius 1 is 1.40 bits per heavy atom. The van der Waals surface area contributed by atoms with Crippen molar-refractivity contribution < 1.29 is 7.86 Å². The molecule has 1 aliphatic rings. The minimum absolute atomic E-state index is 0.160. The molecule has 80 valence electrons. The summed E-state index contributed by atoms with van der Waals surface area (Å²) in [6, 6.07) is 3.77. The highest BCUT2D eigenvalue weighted by Gasteiger charge is 2.21. The zero-order valence-corrected chi connectivity index (χ0v) is 11.8. The summed E-state index contributed by atoms with van der Waals surface area (Å²) < 4.78 is 5.27. The minimum Gasteiger partial charge on any atom is -0.427 e. The van der Waals surface area contributed by atoms with E-state index < -0.39 is 0 Å². The molecule has 0 spiro atoms. The monoisotopic (exact) mass is 380 g/mol. The van der Waals surface area contributed by atoms with Gasteiger partial charge in [0.1, 0.15) is 5.75 Å². The topological polar surface area (TPSA) is 26.3 Å². The third-order valence-electron chi connectivity index (χ3n) is 2.75. The zero-order chi connectivity index (χ0) is 10.8. The molecule has 4 heteroatoms. The standard InChI is InChI=1S/C11H10BrIO2/c12-6-10(14)8-4-5-11(15-13)9-3-1-2-7(8)9/h4-5H,1-3,6H2. The van der Waals surface area contributed by atoms with Crippen LogP contribution in [0.2, 0.25) is 0 Å². The molecule has 0 saturated heterocycles. The molecule has 1 aliphatic carbocycles. The zero-order valence-electron chi connectivity index (χ0n) is 8.06. The van der Waals surface area contributed by atoms with Gasteiger partial charge in [0.05, 0.1) is 5.33 Å². The first-order chi connectivity index (χ1) is 7.27. The normalized spacial score (nSPS) is 13.7. The number of ketones is 1. The molecule has 0 heterocycles. The molecule has 0 atom stereocenters. The van der Waals surface area contributed by atoms with Crippen LogP contribution in [0.3, 0.4) is 0 Å². The lowest BCUT2D eigenvalue weighted by atomic mass is 10.00. The van der Waals surface area contributed by atoms with E-state index in [1.54, 1.807) is 0 Å². The van der Waals surface area contributed by atoms with E-state index in [1.165, 1.54) is 11.1 Å². The van der Waals surface area contributed by atoms with Gasteiger partial charge in [-0.15, -0.1) is 0 Å². The number of halogens is 2. The van der Waals surface area contributed by atoms with Gasteiger partial charge in [-0.05, 0) is 42.5 Å². The lowest BCUT2D eigenvalue weighted by Gasteiger charge is -2.09. The van der Waals surface area contributed by atoms with Crippen molar-refractivity contribution in [3.63, 3.8) is 0 Å². The SMILES string of the molecule is O=C(CBr)c1ccc(OI)c2c1CCC2. The van der Waals surface area contributed by atoms with Gasteiger partial charge in [-0.2, -0.15) is 0 Å². The van der Waals surface area contributed by atoms with Crippen LogP contribution in [-0.2, 0) is 12.8 Å². The number of benzene rings is 1. The summed E-state index contributed by atoms with van der Waals surface area (Å²) in [5.74, 6) is 1.07. The maximum Gasteiger partial charge on any atom is 0.192 e. The van der Waals surface area contributed by atoms with Gasteiger partial charge < -0.3 is 3.07 Å². The molecule has 0 aromatic heterocycles. The van der Waals surface area contributed by atoms with E-state index in [9.17, 15) is 4.79 Å². The first-order valence-corrected chi connectivity index (χ1v) is 6.80. The second kappa shape index (κ2) is 4.82. The third-order valence-corrected chi connectivity index (χ3v) is 3.73. The fourth-order valence-electron chi connectivity index (χ4n) is 2.08. The highest BCUT2D eigenvalue weighted by atomic mass is 127. The van der Waals surface area contributed by atoms with Crippen LogP contribution in [0.15, 0.2) is 12.1 Å². The number of rotatable bonds is 3. The fourth-order valence-corrected chi connectivity index (χ4v) is 2.79. The predicted molar refractivity (Wildman–Crippen MR) is 71.2 cm³/mol. The number of fused-ring (bicyclic) bond motifs is 1. The highest BCUT2D eigenvalue weighted by molar-refractivity contribution is 14.1. The Hall–Kier alpha value is -0.100. The number of hydrogen-bond donors (Lipinski definition) is 0. The number of hydrogen-bond acceptors (Lipinski definition) is 2. The summed E-state index contributed by atoms with van der Waals surface area (Å²) in [5.41, 5.74) is 3.27. The summed E-state index contributed by atoms with van der Waals surface area (Å²) in [5, 5.41) is 0.393. The van der Waals surface area contributed by atoms with E-state index in [1.807, 2.05) is 35.1 Å². The Bertz CT molecular complexity index is 404. The van der Waals surface area contributed by atoms with Gasteiger partial charge in [-0.25, -0.2) is 0 Å². The van der Waals surface area contributed by atoms with Gasteiger partial charge in [0.15, 0.2) is 28.8 Å². The summed E-state index contributed by atoms with van der Waals surface area (Å²) in [4.78, 5) is 11.7. The maximum atomic E-state index is 11.7. The highest BCUT2D eigenvalue weighted by Crippen LogP contribution is 2.34. The second-order valence-corrected chi connectivity index (χ2v) is 4.56. The fraction of sp³-hybridized carbons (Fsp3) is 0.364. The smallest absolute Gasteiger partial charge is 0.192 e. The molecule has 0 aliphatic heterocycles. The van der Waals surface area contributed by atoms with Crippen molar-refractivity contribution in [2.75, 3.05) is 5.33 Å². The molecule has 0 saturated carbocycles. The molecule has 0 fully saturated rings. The quantitative estimate of drug-likeness (QED) is 0.456. The summed E-state index contributed by atoms with van der Waals surface area (Å²) in [6.07, 6.45) is 3.14. The molecule has 0 N–H and O–H groups in total. The number of Topliss-reactive ketones (excluding diaryl/α,β-unsaturated/α-hetero) is 1. The van der Waals surface area contributed by atoms with Crippen molar-refractivity contribution >= 4 is 44.7 Å². The first kappa shape index (κ1) is 11.4. The second-order valence-electron chi connectivity index (χ2n) is 3.56. The van der Waals surface area contributed by atoms with E-state index >= 15 is 0 Å². The van der Waals surface area contributed by atoms with Gasteiger partial charge in [0, 0.05) is 5.56 Å². The van der Waals surface area contributed by atoms with Gasteiger partial charge in [0.2, 0.25) is 0 Å². The molecule has 0 unspecified atom stereocenters. The van der Waals surface area contributed by atoms with Crippen LogP contribution in [-0.4, -0.2) is 11.1 Å². The Labute approximate surface area is 111 Å². The Morgan fingerprint density at radius 2 is 2.13 bits per heavy atom. The first-order valence-electron chi connectivity index (χ1n) is 4.80. The molecule has 2 nitrogen and oxygen atoms in total. The number of carbonyl (C=O) groups excluding carboxylic acids is 1. The predicted octanol–water partition coefficient (Wildman–Crippen LogP) is 3.48. The molecule has 1 aromatic rings. The van der Waals surface area contributed by atoms with Crippen LogP contribution < -0.4 is 3.07 Å². The van der Waals surface area contributed by atoms with Gasteiger partial charge >= 0.3 is 0 Å². The van der Waals surface area contributed by atoms with Crippen LogP contribution in [0.1, 0.15) is 27.9 Å². The molecular formula is C11H10BrIO2. The summed E-state index contributed by atoms with van der Waals surface area (Å²) in [6.45, 7) is 0. The van der Waals surface area contributed by atoms with E-state index in [2.05, 4.69) is 15.9 Å².